The molecule has 1 atom stereocenters. The zero-order valence-corrected chi connectivity index (χ0v) is 18.6. The third kappa shape index (κ3) is 7.41. The van der Waals surface area contributed by atoms with Gasteiger partial charge in [0.15, 0.2) is 0 Å². The van der Waals surface area contributed by atoms with Crippen molar-refractivity contribution < 1.29 is 9.59 Å². The molecule has 0 aliphatic rings. The Hall–Kier alpha value is -1.98. The molecule has 0 fully saturated rings. The first kappa shape index (κ1) is 23.3. The van der Waals surface area contributed by atoms with Crippen LogP contribution in [0.15, 0.2) is 54.6 Å². The molecule has 1 N–H and O–H groups in total. The second-order valence-corrected chi connectivity index (χ2v) is 8.20. The number of hydrogen-bond acceptors (Lipinski definition) is 3. The van der Waals surface area contributed by atoms with E-state index in [1.807, 2.05) is 68.4 Å². The van der Waals surface area contributed by atoms with Crippen LogP contribution >= 0.6 is 23.4 Å². The van der Waals surface area contributed by atoms with Gasteiger partial charge in [-0.15, -0.1) is 11.8 Å². The molecule has 0 saturated heterocycles. The van der Waals surface area contributed by atoms with E-state index in [-0.39, 0.29) is 11.8 Å². The SMILES string of the molecule is CCCNC(=O)[C@H](CC)N(Cc1ccccc1Cl)C(=O)CSCc1ccccc1. The average Bonchev–Trinajstić information content (AvgIpc) is 2.74. The van der Waals surface area contributed by atoms with E-state index in [4.69, 9.17) is 11.6 Å². The Morgan fingerprint density at radius 2 is 1.76 bits per heavy atom. The number of carbonyl (C=O) groups excluding carboxylic acids is 2. The number of rotatable bonds is 11. The van der Waals surface area contributed by atoms with Crippen LogP contribution in [0.1, 0.15) is 37.8 Å². The molecular weight excluding hydrogens is 404 g/mol. The van der Waals surface area contributed by atoms with Crippen molar-refractivity contribution >= 4 is 35.2 Å². The van der Waals surface area contributed by atoms with E-state index in [0.29, 0.717) is 30.3 Å². The average molecular weight is 433 g/mol. The van der Waals surface area contributed by atoms with Gasteiger partial charge in [0, 0.05) is 23.9 Å². The van der Waals surface area contributed by atoms with Gasteiger partial charge in [0.25, 0.3) is 0 Å². The van der Waals surface area contributed by atoms with Crippen LogP contribution < -0.4 is 5.32 Å². The predicted molar refractivity (Wildman–Crippen MR) is 122 cm³/mol. The second kappa shape index (κ2) is 12.6. The summed E-state index contributed by atoms with van der Waals surface area (Å²) in [6, 6.07) is 17.0. The smallest absolute Gasteiger partial charge is 0.242 e. The zero-order valence-electron chi connectivity index (χ0n) is 17.1. The lowest BCUT2D eigenvalue weighted by Gasteiger charge is -2.31. The first-order chi connectivity index (χ1) is 14.1. The van der Waals surface area contributed by atoms with Crippen molar-refractivity contribution in [2.45, 2.75) is 45.0 Å². The molecule has 0 spiro atoms. The van der Waals surface area contributed by atoms with E-state index in [2.05, 4.69) is 5.32 Å². The summed E-state index contributed by atoms with van der Waals surface area (Å²) in [6.45, 7) is 4.86. The maximum absolute atomic E-state index is 13.1. The Balaban J connectivity index is 2.12. The third-order valence-electron chi connectivity index (χ3n) is 4.57. The fourth-order valence-corrected chi connectivity index (χ4v) is 4.08. The van der Waals surface area contributed by atoms with E-state index >= 15 is 0 Å². The summed E-state index contributed by atoms with van der Waals surface area (Å²) in [4.78, 5) is 27.5. The molecule has 0 unspecified atom stereocenters. The molecule has 29 heavy (non-hydrogen) atoms. The Labute approximate surface area is 183 Å². The molecule has 2 amide bonds. The van der Waals surface area contributed by atoms with E-state index < -0.39 is 6.04 Å². The molecular formula is C23H29ClN2O2S. The van der Waals surface area contributed by atoms with Crippen LogP contribution in [0.25, 0.3) is 0 Å². The third-order valence-corrected chi connectivity index (χ3v) is 5.93. The van der Waals surface area contributed by atoms with Crippen molar-refractivity contribution in [3.05, 3.63) is 70.7 Å². The fraction of sp³-hybridized carbons (Fsp3) is 0.391. The Bertz CT molecular complexity index is 785. The van der Waals surface area contributed by atoms with Crippen LogP contribution in [0.3, 0.4) is 0 Å². The highest BCUT2D eigenvalue weighted by atomic mass is 35.5. The first-order valence-electron chi connectivity index (χ1n) is 9.99. The highest BCUT2D eigenvalue weighted by Crippen LogP contribution is 2.21. The summed E-state index contributed by atoms with van der Waals surface area (Å²) in [5.41, 5.74) is 2.02. The Morgan fingerprint density at radius 1 is 1.07 bits per heavy atom. The summed E-state index contributed by atoms with van der Waals surface area (Å²) in [5, 5.41) is 3.53. The zero-order chi connectivity index (χ0) is 21.1. The number of nitrogens with one attached hydrogen (secondary N) is 1. The maximum atomic E-state index is 13.1. The van der Waals surface area contributed by atoms with Gasteiger partial charge in [0.1, 0.15) is 6.04 Å². The Kier molecular flexibility index (Phi) is 10.1. The van der Waals surface area contributed by atoms with Crippen LogP contribution in [0.2, 0.25) is 5.02 Å². The number of halogens is 1. The molecule has 6 heteroatoms. The molecule has 0 aromatic heterocycles. The summed E-state index contributed by atoms with van der Waals surface area (Å²) >= 11 is 7.88. The molecule has 4 nitrogen and oxygen atoms in total. The van der Waals surface area contributed by atoms with E-state index in [9.17, 15) is 9.59 Å². The molecule has 0 aliphatic heterocycles. The van der Waals surface area contributed by atoms with Gasteiger partial charge in [-0.05, 0) is 30.0 Å². The molecule has 2 aromatic rings. The van der Waals surface area contributed by atoms with Gasteiger partial charge in [-0.3, -0.25) is 9.59 Å². The summed E-state index contributed by atoms with van der Waals surface area (Å²) in [6.07, 6.45) is 1.41. The quantitative estimate of drug-likeness (QED) is 0.549. The number of hydrogen-bond donors (Lipinski definition) is 1. The lowest BCUT2D eigenvalue weighted by Crippen LogP contribution is -2.49. The van der Waals surface area contributed by atoms with Gasteiger partial charge in [-0.1, -0.05) is 74.0 Å². The lowest BCUT2D eigenvalue weighted by atomic mass is 10.1. The van der Waals surface area contributed by atoms with Crippen molar-refractivity contribution in [3.8, 4) is 0 Å². The van der Waals surface area contributed by atoms with Gasteiger partial charge in [-0.2, -0.15) is 0 Å². The van der Waals surface area contributed by atoms with Crippen molar-refractivity contribution in [1.29, 1.82) is 0 Å². The highest BCUT2D eigenvalue weighted by Gasteiger charge is 2.28. The van der Waals surface area contributed by atoms with Crippen LogP contribution in [0.4, 0.5) is 0 Å². The highest BCUT2D eigenvalue weighted by molar-refractivity contribution is 7.99. The van der Waals surface area contributed by atoms with Crippen LogP contribution in [0.5, 0.6) is 0 Å². The number of benzene rings is 2. The van der Waals surface area contributed by atoms with Crippen LogP contribution in [0, 0.1) is 0 Å². The molecule has 0 bridgehead atoms. The largest absolute Gasteiger partial charge is 0.354 e. The van der Waals surface area contributed by atoms with E-state index in [1.54, 1.807) is 16.7 Å². The molecule has 2 aromatic carbocycles. The summed E-state index contributed by atoms with van der Waals surface area (Å²) < 4.78 is 0. The maximum Gasteiger partial charge on any atom is 0.242 e. The van der Waals surface area contributed by atoms with Crippen LogP contribution in [-0.2, 0) is 21.9 Å². The van der Waals surface area contributed by atoms with Crippen LogP contribution in [-0.4, -0.2) is 35.1 Å². The van der Waals surface area contributed by atoms with Gasteiger partial charge in [0.2, 0.25) is 11.8 Å². The lowest BCUT2D eigenvalue weighted by molar-refractivity contribution is -0.139. The number of amides is 2. The number of thioether (sulfide) groups is 1. The Morgan fingerprint density at radius 3 is 2.41 bits per heavy atom. The molecule has 0 heterocycles. The van der Waals surface area contributed by atoms with Crippen molar-refractivity contribution in [2.75, 3.05) is 12.3 Å². The standard InChI is InChI=1S/C23H29ClN2O2S/c1-3-14-25-23(28)21(4-2)26(15-19-12-8-9-13-20(19)24)22(27)17-29-16-18-10-6-5-7-11-18/h5-13,21H,3-4,14-17H2,1-2H3,(H,25,28)/t21-/m0/s1. The molecule has 156 valence electrons. The van der Waals surface area contributed by atoms with Gasteiger partial charge in [-0.25, -0.2) is 0 Å². The number of nitrogens with zero attached hydrogens (tertiary/aromatic N) is 1. The van der Waals surface area contributed by atoms with Crippen molar-refractivity contribution in [1.82, 2.24) is 10.2 Å². The fourth-order valence-electron chi connectivity index (χ4n) is 3.01. The molecule has 0 aliphatic carbocycles. The van der Waals surface area contributed by atoms with Gasteiger partial charge in [0.05, 0.1) is 5.75 Å². The minimum absolute atomic E-state index is 0.0515. The van der Waals surface area contributed by atoms with Crippen molar-refractivity contribution in [3.63, 3.8) is 0 Å². The van der Waals surface area contributed by atoms with Gasteiger partial charge < -0.3 is 10.2 Å². The molecule has 0 radical (unpaired) electrons. The molecule has 2 rings (SSSR count). The minimum Gasteiger partial charge on any atom is -0.354 e. The predicted octanol–water partition coefficient (Wildman–Crippen LogP) is 4.91. The topological polar surface area (TPSA) is 49.4 Å². The summed E-state index contributed by atoms with van der Waals surface area (Å²) in [7, 11) is 0. The van der Waals surface area contributed by atoms with Crippen molar-refractivity contribution in [2.24, 2.45) is 0 Å². The first-order valence-corrected chi connectivity index (χ1v) is 11.5. The number of carbonyl (C=O) groups is 2. The normalized spacial score (nSPS) is 11.7. The van der Waals surface area contributed by atoms with E-state index in [1.165, 1.54) is 5.56 Å². The summed E-state index contributed by atoms with van der Waals surface area (Å²) in [5.74, 6) is 0.912. The van der Waals surface area contributed by atoms with E-state index in [0.717, 1.165) is 17.7 Å². The van der Waals surface area contributed by atoms with Gasteiger partial charge >= 0.3 is 0 Å². The monoisotopic (exact) mass is 432 g/mol. The second-order valence-electron chi connectivity index (χ2n) is 6.81. The minimum atomic E-state index is -0.511. The molecule has 0 saturated carbocycles.